The van der Waals surface area contributed by atoms with Crippen molar-refractivity contribution in [3.63, 3.8) is 0 Å². The molecular weight excluding hydrogens is 375 g/mol. The van der Waals surface area contributed by atoms with E-state index in [1.165, 1.54) is 32.4 Å². The standard InChI is InChI=1S/C19H16ClFN2O4/c1-10-16(18(23-27-10)17-14(20)5-4-6-15(17)21)19(24)22-11-7-12(25-2)9-13(8-11)26-3/h4-9H,1-3H3,(H,22,24). The van der Waals surface area contributed by atoms with E-state index >= 15 is 0 Å². The Morgan fingerprint density at radius 1 is 1.19 bits per heavy atom. The number of hydrogen-bond donors (Lipinski definition) is 1. The van der Waals surface area contributed by atoms with Gasteiger partial charge in [-0.05, 0) is 19.1 Å². The molecule has 0 unspecified atom stereocenters. The lowest BCUT2D eigenvalue weighted by Gasteiger charge is -2.10. The van der Waals surface area contributed by atoms with Crippen molar-refractivity contribution < 1.29 is 23.2 Å². The molecule has 0 spiro atoms. The van der Waals surface area contributed by atoms with Crippen LogP contribution in [0.4, 0.5) is 10.1 Å². The van der Waals surface area contributed by atoms with Gasteiger partial charge < -0.3 is 19.3 Å². The first kappa shape index (κ1) is 18.7. The van der Waals surface area contributed by atoms with E-state index in [0.29, 0.717) is 17.2 Å². The van der Waals surface area contributed by atoms with Crippen LogP contribution < -0.4 is 14.8 Å². The summed E-state index contributed by atoms with van der Waals surface area (Å²) in [4.78, 5) is 12.9. The van der Waals surface area contributed by atoms with Crippen molar-refractivity contribution in [2.24, 2.45) is 0 Å². The van der Waals surface area contributed by atoms with Crippen molar-refractivity contribution in [1.29, 1.82) is 0 Å². The number of nitrogens with one attached hydrogen (secondary N) is 1. The van der Waals surface area contributed by atoms with E-state index in [1.807, 2.05) is 0 Å². The predicted molar refractivity (Wildman–Crippen MR) is 99.1 cm³/mol. The Labute approximate surface area is 159 Å². The third-order valence-corrected chi connectivity index (χ3v) is 4.21. The molecule has 0 aliphatic carbocycles. The summed E-state index contributed by atoms with van der Waals surface area (Å²) in [5.41, 5.74) is 0.554. The third-order valence-electron chi connectivity index (χ3n) is 3.90. The number of benzene rings is 2. The molecule has 0 saturated carbocycles. The van der Waals surface area contributed by atoms with Crippen LogP contribution >= 0.6 is 11.6 Å². The van der Waals surface area contributed by atoms with Crippen LogP contribution in [0.15, 0.2) is 40.9 Å². The van der Waals surface area contributed by atoms with E-state index < -0.39 is 11.7 Å². The molecule has 0 atom stereocenters. The molecule has 0 fully saturated rings. The Balaban J connectivity index is 2.01. The number of anilines is 1. The molecule has 2 aromatic carbocycles. The maximum absolute atomic E-state index is 14.3. The number of methoxy groups -OCH3 is 2. The van der Waals surface area contributed by atoms with Crippen LogP contribution in [0.5, 0.6) is 11.5 Å². The van der Waals surface area contributed by atoms with Crippen molar-refractivity contribution >= 4 is 23.2 Å². The molecule has 0 aliphatic rings. The number of carbonyl (C=O) groups excluding carboxylic acids is 1. The molecule has 8 heteroatoms. The van der Waals surface area contributed by atoms with Gasteiger partial charge in [-0.3, -0.25) is 4.79 Å². The van der Waals surface area contributed by atoms with Gasteiger partial charge in [0.25, 0.3) is 5.91 Å². The highest BCUT2D eigenvalue weighted by Gasteiger charge is 2.25. The fourth-order valence-electron chi connectivity index (χ4n) is 2.61. The number of hydrogen-bond acceptors (Lipinski definition) is 5. The van der Waals surface area contributed by atoms with Crippen LogP contribution in [0.2, 0.25) is 5.02 Å². The molecule has 27 heavy (non-hydrogen) atoms. The molecule has 6 nitrogen and oxygen atoms in total. The zero-order valence-corrected chi connectivity index (χ0v) is 15.6. The molecule has 3 rings (SSSR count). The van der Waals surface area contributed by atoms with E-state index in [4.69, 9.17) is 25.6 Å². The Morgan fingerprint density at radius 2 is 1.85 bits per heavy atom. The zero-order valence-electron chi connectivity index (χ0n) is 14.8. The number of halogens is 2. The van der Waals surface area contributed by atoms with Crippen molar-refractivity contribution in [2.75, 3.05) is 19.5 Å². The summed E-state index contributed by atoms with van der Waals surface area (Å²) in [5.74, 6) is 0.107. The Hall–Kier alpha value is -3.06. The van der Waals surface area contributed by atoms with Gasteiger partial charge in [0.2, 0.25) is 0 Å². The largest absolute Gasteiger partial charge is 0.497 e. The summed E-state index contributed by atoms with van der Waals surface area (Å²) < 4.78 is 29.8. The van der Waals surface area contributed by atoms with E-state index in [1.54, 1.807) is 25.1 Å². The van der Waals surface area contributed by atoms with Crippen LogP contribution in [0.25, 0.3) is 11.3 Å². The van der Waals surface area contributed by atoms with Gasteiger partial charge in [0.15, 0.2) is 0 Å². The van der Waals surface area contributed by atoms with Gasteiger partial charge in [-0.2, -0.15) is 0 Å². The molecule has 1 amide bonds. The molecule has 140 valence electrons. The molecule has 0 saturated heterocycles. The second kappa shape index (κ2) is 7.67. The molecule has 0 bridgehead atoms. The summed E-state index contributed by atoms with van der Waals surface area (Å²) in [7, 11) is 3.01. The number of carbonyl (C=O) groups is 1. The lowest BCUT2D eigenvalue weighted by molar-refractivity contribution is 0.102. The third kappa shape index (κ3) is 3.73. The second-order valence-corrected chi connectivity index (χ2v) is 6.02. The van der Waals surface area contributed by atoms with Crippen LogP contribution in [-0.4, -0.2) is 25.3 Å². The average molecular weight is 391 g/mol. The number of amides is 1. The smallest absolute Gasteiger partial charge is 0.261 e. The van der Waals surface area contributed by atoms with Gasteiger partial charge in [-0.15, -0.1) is 0 Å². The fraction of sp³-hybridized carbons (Fsp3) is 0.158. The first-order valence-electron chi connectivity index (χ1n) is 7.89. The SMILES string of the molecule is COc1cc(NC(=O)c2c(-c3c(F)cccc3Cl)noc2C)cc(OC)c1. The lowest BCUT2D eigenvalue weighted by atomic mass is 10.0. The van der Waals surface area contributed by atoms with Gasteiger partial charge >= 0.3 is 0 Å². The number of aryl methyl sites for hydroxylation is 1. The van der Waals surface area contributed by atoms with Crippen LogP contribution in [-0.2, 0) is 0 Å². The van der Waals surface area contributed by atoms with Crippen molar-refractivity contribution in [2.45, 2.75) is 6.92 Å². The molecule has 1 aromatic heterocycles. The maximum atomic E-state index is 14.3. The van der Waals surface area contributed by atoms with Crippen molar-refractivity contribution in [3.8, 4) is 22.8 Å². The number of nitrogens with zero attached hydrogens (tertiary/aromatic N) is 1. The highest BCUT2D eigenvalue weighted by Crippen LogP contribution is 2.34. The fourth-order valence-corrected chi connectivity index (χ4v) is 2.86. The second-order valence-electron chi connectivity index (χ2n) is 5.61. The Kier molecular flexibility index (Phi) is 5.32. The van der Waals surface area contributed by atoms with Crippen molar-refractivity contribution in [1.82, 2.24) is 5.16 Å². The summed E-state index contributed by atoms with van der Waals surface area (Å²) in [6, 6.07) is 9.14. The summed E-state index contributed by atoms with van der Waals surface area (Å²) in [6.45, 7) is 1.56. The summed E-state index contributed by atoms with van der Waals surface area (Å²) in [5, 5.41) is 6.67. The van der Waals surface area contributed by atoms with E-state index in [-0.39, 0.29) is 27.6 Å². The summed E-state index contributed by atoms with van der Waals surface area (Å²) >= 11 is 6.10. The molecule has 3 aromatic rings. The van der Waals surface area contributed by atoms with Crippen LogP contribution in [0, 0.1) is 12.7 Å². The first-order valence-corrected chi connectivity index (χ1v) is 8.27. The number of ether oxygens (including phenoxy) is 2. The van der Waals surface area contributed by atoms with Gasteiger partial charge in [0.05, 0.1) is 24.8 Å². The Morgan fingerprint density at radius 3 is 2.44 bits per heavy atom. The normalized spacial score (nSPS) is 10.6. The number of aromatic nitrogens is 1. The predicted octanol–water partition coefficient (Wildman–Crippen LogP) is 4.71. The van der Waals surface area contributed by atoms with Crippen LogP contribution in [0.3, 0.4) is 0 Å². The highest BCUT2D eigenvalue weighted by molar-refractivity contribution is 6.33. The molecular formula is C19H16ClFN2O4. The molecule has 0 aliphatic heterocycles. The zero-order chi connectivity index (χ0) is 19.6. The topological polar surface area (TPSA) is 73.6 Å². The minimum absolute atomic E-state index is 0.00406. The minimum Gasteiger partial charge on any atom is -0.497 e. The van der Waals surface area contributed by atoms with E-state index in [2.05, 4.69) is 10.5 Å². The lowest BCUT2D eigenvalue weighted by Crippen LogP contribution is -2.14. The van der Waals surface area contributed by atoms with Gasteiger partial charge in [0, 0.05) is 23.9 Å². The van der Waals surface area contributed by atoms with Gasteiger partial charge in [0.1, 0.15) is 34.3 Å². The minimum atomic E-state index is -0.604. The average Bonchev–Trinajstić information content (AvgIpc) is 3.02. The molecule has 1 heterocycles. The van der Waals surface area contributed by atoms with Gasteiger partial charge in [-0.25, -0.2) is 4.39 Å². The summed E-state index contributed by atoms with van der Waals surface area (Å²) in [6.07, 6.45) is 0. The molecule has 1 N–H and O–H groups in total. The van der Waals surface area contributed by atoms with E-state index in [9.17, 15) is 9.18 Å². The molecule has 0 radical (unpaired) electrons. The maximum Gasteiger partial charge on any atom is 0.261 e. The quantitative estimate of drug-likeness (QED) is 0.682. The van der Waals surface area contributed by atoms with Crippen LogP contribution in [0.1, 0.15) is 16.1 Å². The highest BCUT2D eigenvalue weighted by atomic mass is 35.5. The number of rotatable bonds is 5. The van der Waals surface area contributed by atoms with Crippen molar-refractivity contribution in [3.05, 3.63) is 58.6 Å². The van der Waals surface area contributed by atoms with Gasteiger partial charge in [-0.1, -0.05) is 22.8 Å². The first-order chi connectivity index (χ1) is 12.9. The monoisotopic (exact) mass is 390 g/mol. The van der Waals surface area contributed by atoms with E-state index in [0.717, 1.165) is 0 Å². The Bertz CT molecular complexity index is 961.